The molecule has 0 aliphatic heterocycles. The summed E-state index contributed by atoms with van der Waals surface area (Å²) in [7, 11) is 3.47. The number of nitrogens with one attached hydrogen (secondary N) is 1. The van der Waals surface area contributed by atoms with Crippen LogP contribution in [0.15, 0.2) is 42.6 Å². The van der Waals surface area contributed by atoms with Gasteiger partial charge in [-0.2, -0.15) is 10.2 Å². The molecule has 3 aromatic heterocycles. The van der Waals surface area contributed by atoms with E-state index in [4.69, 9.17) is 9.72 Å². The van der Waals surface area contributed by atoms with E-state index in [0.29, 0.717) is 16.9 Å². The van der Waals surface area contributed by atoms with Gasteiger partial charge in [0.2, 0.25) is 0 Å². The van der Waals surface area contributed by atoms with Crippen molar-refractivity contribution in [1.29, 1.82) is 0 Å². The molecule has 160 valence electrons. The minimum Gasteiger partial charge on any atom is -0.497 e. The van der Waals surface area contributed by atoms with E-state index in [0.717, 1.165) is 34.6 Å². The molecule has 1 aromatic carbocycles. The molecule has 0 radical (unpaired) electrons. The lowest BCUT2D eigenvalue weighted by atomic mass is 10.0. The fraction of sp³-hybridized carbons (Fsp3) is 0.304. The fourth-order valence-corrected chi connectivity index (χ4v) is 3.86. The van der Waals surface area contributed by atoms with Crippen LogP contribution < -0.4 is 10.1 Å². The molecule has 1 unspecified atom stereocenters. The molecule has 1 amide bonds. The van der Waals surface area contributed by atoms with Crippen molar-refractivity contribution in [3.05, 3.63) is 59.5 Å². The number of nitrogens with zero attached hydrogens (tertiary/aromatic N) is 5. The zero-order chi connectivity index (χ0) is 22.1. The van der Waals surface area contributed by atoms with Gasteiger partial charge in [-0.3, -0.25) is 14.2 Å². The average molecular weight is 419 g/mol. The number of rotatable bonds is 6. The topological polar surface area (TPSA) is 86.9 Å². The Labute approximate surface area is 180 Å². The van der Waals surface area contributed by atoms with E-state index in [9.17, 15) is 4.79 Å². The standard InChI is InChI=1S/C23H26N6O2/c1-6-29-20(11-12-24-29)14(2)25-23(30)18-13-19(16-7-9-17(31-5)10-8-16)26-22-21(18)15(3)27-28(22)4/h7-14H,6H2,1-5H3,(H,25,30). The highest BCUT2D eigenvalue weighted by molar-refractivity contribution is 6.07. The molecule has 0 saturated heterocycles. The number of hydrogen-bond acceptors (Lipinski definition) is 5. The number of aromatic nitrogens is 5. The van der Waals surface area contributed by atoms with Gasteiger partial charge in [0.05, 0.1) is 41.2 Å². The summed E-state index contributed by atoms with van der Waals surface area (Å²) in [6.07, 6.45) is 1.75. The Morgan fingerprint density at radius 3 is 2.65 bits per heavy atom. The first kappa shape index (κ1) is 20.6. The Bertz CT molecular complexity index is 1240. The molecule has 0 bridgehead atoms. The normalized spacial score (nSPS) is 12.2. The van der Waals surface area contributed by atoms with E-state index < -0.39 is 0 Å². The van der Waals surface area contributed by atoms with Crippen molar-refractivity contribution in [2.24, 2.45) is 7.05 Å². The zero-order valence-corrected chi connectivity index (χ0v) is 18.4. The Kier molecular flexibility index (Phi) is 5.46. The van der Waals surface area contributed by atoms with Crippen LogP contribution in [0.1, 0.15) is 41.6 Å². The molecule has 0 aliphatic carbocycles. The van der Waals surface area contributed by atoms with Gasteiger partial charge in [-0.05, 0) is 57.2 Å². The summed E-state index contributed by atoms with van der Waals surface area (Å²) in [6.45, 7) is 6.62. The second-order valence-electron chi connectivity index (χ2n) is 7.46. The van der Waals surface area contributed by atoms with Crippen molar-refractivity contribution in [2.75, 3.05) is 7.11 Å². The number of fused-ring (bicyclic) bond motifs is 1. The van der Waals surface area contributed by atoms with Gasteiger partial charge in [0.15, 0.2) is 5.65 Å². The number of pyridine rings is 1. The van der Waals surface area contributed by atoms with Crippen LogP contribution in [0.25, 0.3) is 22.3 Å². The number of benzene rings is 1. The van der Waals surface area contributed by atoms with Crippen molar-refractivity contribution in [3.63, 3.8) is 0 Å². The largest absolute Gasteiger partial charge is 0.497 e. The highest BCUT2D eigenvalue weighted by Gasteiger charge is 2.21. The first-order valence-electron chi connectivity index (χ1n) is 10.2. The predicted octanol–water partition coefficient (Wildman–Crippen LogP) is 3.66. The van der Waals surface area contributed by atoms with Gasteiger partial charge in [-0.25, -0.2) is 4.98 Å². The van der Waals surface area contributed by atoms with E-state index in [1.807, 2.05) is 68.9 Å². The van der Waals surface area contributed by atoms with E-state index in [-0.39, 0.29) is 11.9 Å². The van der Waals surface area contributed by atoms with Gasteiger partial charge >= 0.3 is 0 Å². The monoisotopic (exact) mass is 418 g/mol. The Morgan fingerprint density at radius 2 is 1.97 bits per heavy atom. The number of hydrogen-bond donors (Lipinski definition) is 1. The van der Waals surface area contributed by atoms with Crippen LogP contribution in [0.4, 0.5) is 0 Å². The third-order valence-corrected chi connectivity index (χ3v) is 5.44. The van der Waals surface area contributed by atoms with Crippen LogP contribution >= 0.6 is 0 Å². The Balaban J connectivity index is 1.77. The first-order chi connectivity index (χ1) is 14.9. The predicted molar refractivity (Wildman–Crippen MR) is 119 cm³/mol. The SMILES string of the molecule is CCn1nccc1C(C)NC(=O)c1cc(-c2ccc(OC)cc2)nc2c1c(C)nn2C. The van der Waals surface area contributed by atoms with Crippen molar-refractivity contribution >= 4 is 16.9 Å². The van der Waals surface area contributed by atoms with Crippen LogP contribution in [-0.2, 0) is 13.6 Å². The third kappa shape index (κ3) is 3.76. The number of aryl methyl sites for hydroxylation is 3. The van der Waals surface area contributed by atoms with Crippen LogP contribution in [0.5, 0.6) is 5.75 Å². The lowest BCUT2D eigenvalue weighted by Crippen LogP contribution is -2.28. The van der Waals surface area contributed by atoms with Crippen LogP contribution in [0.2, 0.25) is 0 Å². The number of carbonyl (C=O) groups excluding carboxylic acids is 1. The van der Waals surface area contributed by atoms with Crippen molar-refractivity contribution in [3.8, 4) is 17.0 Å². The molecule has 0 fully saturated rings. The minimum absolute atomic E-state index is 0.172. The second-order valence-corrected chi connectivity index (χ2v) is 7.46. The minimum atomic E-state index is -0.195. The molecule has 1 N–H and O–H groups in total. The molecule has 4 rings (SSSR count). The van der Waals surface area contributed by atoms with Crippen molar-refractivity contribution in [1.82, 2.24) is 29.9 Å². The van der Waals surface area contributed by atoms with Gasteiger partial charge in [-0.15, -0.1) is 0 Å². The first-order valence-corrected chi connectivity index (χ1v) is 10.2. The van der Waals surface area contributed by atoms with Crippen LogP contribution in [0.3, 0.4) is 0 Å². The summed E-state index contributed by atoms with van der Waals surface area (Å²) in [6, 6.07) is 11.2. The summed E-state index contributed by atoms with van der Waals surface area (Å²) < 4.78 is 8.84. The summed E-state index contributed by atoms with van der Waals surface area (Å²) in [5.41, 5.74) is 4.54. The summed E-state index contributed by atoms with van der Waals surface area (Å²) in [4.78, 5) is 18.2. The molecule has 0 saturated carbocycles. The van der Waals surface area contributed by atoms with Gasteiger partial charge in [0.25, 0.3) is 5.91 Å². The molecule has 8 heteroatoms. The second kappa shape index (κ2) is 8.22. The Hall–Kier alpha value is -3.68. The molecule has 3 heterocycles. The number of amides is 1. The molecule has 31 heavy (non-hydrogen) atoms. The Morgan fingerprint density at radius 1 is 1.23 bits per heavy atom. The molecule has 4 aromatic rings. The highest BCUT2D eigenvalue weighted by atomic mass is 16.5. The highest BCUT2D eigenvalue weighted by Crippen LogP contribution is 2.28. The molecule has 0 aliphatic rings. The van der Waals surface area contributed by atoms with E-state index in [2.05, 4.69) is 15.5 Å². The summed E-state index contributed by atoms with van der Waals surface area (Å²) in [5, 5.41) is 12.7. The fourth-order valence-electron chi connectivity index (χ4n) is 3.86. The van der Waals surface area contributed by atoms with Gasteiger partial charge in [-0.1, -0.05) is 0 Å². The average Bonchev–Trinajstić information content (AvgIpc) is 3.37. The van der Waals surface area contributed by atoms with E-state index >= 15 is 0 Å². The molecular weight excluding hydrogens is 392 g/mol. The van der Waals surface area contributed by atoms with Gasteiger partial charge in [0.1, 0.15) is 5.75 Å². The van der Waals surface area contributed by atoms with Crippen LogP contribution in [-0.4, -0.2) is 37.6 Å². The van der Waals surface area contributed by atoms with Crippen LogP contribution in [0, 0.1) is 6.92 Å². The molecule has 8 nitrogen and oxygen atoms in total. The number of methoxy groups -OCH3 is 1. The maximum absolute atomic E-state index is 13.4. The lowest BCUT2D eigenvalue weighted by Gasteiger charge is -2.16. The zero-order valence-electron chi connectivity index (χ0n) is 18.4. The quantitative estimate of drug-likeness (QED) is 0.516. The number of carbonyl (C=O) groups is 1. The molecular formula is C23H26N6O2. The van der Waals surface area contributed by atoms with Gasteiger partial charge in [0, 0.05) is 25.4 Å². The molecule has 1 atom stereocenters. The third-order valence-electron chi connectivity index (χ3n) is 5.44. The summed E-state index contributed by atoms with van der Waals surface area (Å²) >= 11 is 0. The smallest absolute Gasteiger partial charge is 0.252 e. The van der Waals surface area contributed by atoms with Gasteiger partial charge < -0.3 is 10.1 Å². The summed E-state index contributed by atoms with van der Waals surface area (Å²) in [5.74, 6) is 0.593. The van der Waals surface area contributed by atoms with Crippen molar-refractivity contribution in [2.45, 2.75) is 33.4 Å². The maximum atomic E-state index is 13.4. The van der Waals surface area contributed by atoms with Crippen molar-refractivity contribution < 1.29 is 9.53 Å². The molecule has 0 spiro atoms. The maximum Gasteiger partial charge on any atom is 0.252 e. The van der Waals surface area contributed by atoms with E-state index in [1.54, 1.807) is 18.0 Å². The number of ether oxygens (including phenoxy) is 1. The van der Waals surface area contributed by atoms with E-state index in [1.165, 1.54) is 0 Å². The lowest BCUT2D eigenvalue weighted by molar-refractivity contribution is 0.0940.